The highest BCUT2D eigenvalue weighted by Gasteiger charge is 2.30. The molecule has 0 aromatic carbocycles. The molecule has 1 fully saturated rings. The molecule has 0 aliphatic carbocycles. The predicted molar refractivity (Wildman–Crippen MR) is 74.2 cm³/mol. The van der Waals surface area contributed by atoms with Gasteiger partial charge in [-0.05, 0) is 33.0 Å². The first-order valence-electron chi connectivity index (χ1n) is 5.92. The maximum Gasteiger partial charge on any atom is 0.252 e. The standard InChI is InChI=1S/C11H19N3O2S2/c1-13(2)10-3-5-14(6-4-10)18(15,16)11-7-9(12)8-17-11/h7-8,10H,3-6,12H2,1-2H3. The second-order valence-electron chi connectivity index (χ2n) is 4.80. The smallest absolute Gasteiger partial charge is 0.252 e. The molecule has 0 amide bonds. The lowest BCUT2D eigenvalue weighted by atomic mass is 10.1. The largest absolute Gasteiger partial charge is 0.398 e. The van der Waals surface area contributed by atoms with Gasteiger partial charge in [0.15, 0.2) is 0 Å². The number of sulfonamides is 1. The first kappa shape index (κ1) is 13.8. The number of hydrogen-bond acceptors (Lipinski definition) is 5. The lowest BCUT2D eigenvalue weighted by molar-refractivity contribution is 0.197. The summed E-state index contributed by atoms with van der Waals surface area (Å²) in [5.74, 6) is 0. The summed E-state index contributed by atoms with van der Waals surface area (Å²) < 4.78 is 26.6. The molecule has 0 saturated carbocycles. The van der Waals surface area contributed by atoms with Crippen LogP contribution in [0, 0.1) is 0 Å². The van der Waals surface area contributed by atoms with Gasteiger partial charge in [-0.15, -0.1) is 11.3 Å². The Hall–Kier alpha value is -0.630. The molecule has 2 rings (SSSR count). The molecule has 0 atom stereocenters. The molecule has 0 radical (unpaired) electrons. The highest BCUT2D eigenvalue weighted by Crippen LogP contribution is 2.27. The molecule has 1 saturated heterocycles. The number of piperidine rings is 1. The van der Waals surface area contributed by atoms with Crippen molar-refractivity contribution in [1.29, 1.82) is 0 Å². The molecule has 5 nitrogen and oxygen atoms in total. The van der Waals surface area contributed by atoms with E-state index in [9.17, 15) is 8.42 Å². The van der Waals surface area contributed by atoms with Gasteiger partial charge in [-0.2, -0.15) is 4.31 Å². The van der Waals surface area contributed by atoms with Crippen molar-refractivity contribution in [3.05, 3.63) is 11.4 Å². The molecule has 0 unspecified atom stereocenters. The van der Waals surface area contributed by atoms with Crippen LogP contribution in [0.15, 0.2) is 15.7 Å². The summed E-state index contributed by atoms with van der Waals surface area (Å²) in [6, 6.07) is 2.02. The maximum atomic E-state index is 12.3. The van der Waals surface area contributed by atoms with Crippen molar-refractivity contribution in [2.24, 2.45) is 0 Å². The van der Waals surface area contributed by atoms with Crippen LogP contribution in [0.1, 0.15) is 12.8 Å². The maximum absolute atomic E-state index is 12.3. The first-order chi connectivity index (χ1) is 8.41. The van der Waals surface area contributed by atoms with Crippen LogP contribution in [0.3, 0.4) is 0 Å². The minimum atomic E-state index is -3.34. The lowest BCUT2D eigenvalue weighted by Gasteiger charge is -2.34. The monoisotopic (exact) mass is 289 g/mol. The van der Waals surface area contributed by atoms with Crippen molar-refractivity contribution in [2.75, 3.05) is 32.9 Å². The van der Waals surface area contributed by atoms with Gasteiger partial charge < -0.3 is 10.6 Å². The van der Waals surface area contributed by atoms with E-state index in [0.717, 1.165) is 12.8 Å². The van der Waals surface area contributed by atoms with E-state index in [1.807, 2.05) is 14.1 Å². The van der Waals surface area contributed by atoms with Gasteiger partial charge in [0, 0.05) is 30.2 Å². The number of anilines is 1. The van der Waals surface area contributed by atoms with E-state index in [0.29, 0.717) is 29.0 Å². The molecule has 0 bridgehead atoms. The zero-order valence-corrected chi connectivity index (χ0v) is 12.3. The Morgan fingerprint density at radius 2 is 2.00 bits per heavy atom. The minimum absolute atomic E-state index is 0.350. The molecular weight excluding hydrogens is 270 g/mol. The second kappa shape index (κ2) is 5.16. The number of hydrogen-bond donors (Lipinski definition) is 1. The number of rotatable bonds is 3. The van der Waals surface area contributed by atoms with Crippen molar-refractivity contribution in [2.45, 2.75) is 23.1 Å². The molecule has 1 aliphatic rings. The van der Waals surface area contributed by atoms with Crippen molar-refractivity contribution in [3.63, 3.8) is 0 Å². The fourth-order valence-corrected chi connectivity index (χ4v) is 4.89. The molecule has 2 N–H and O–H groups in total. The molecule has 7 heteroatoms. The summed E-state index contributed by atoms with van der Waals surface area (Å²) in [7, 11) is 0.736. The van der Waals surface area contributed by atoms with E-state index in [2.05, 4.69) is 4.90 Å². The second-order valence-corrected chi connectivity index (χ2v) is 7.87. The SMILES string of the molecule is CN(C)C1CCN(S(=O)(=O)c2cc(N)cs2)CC1. The topological polar surface area (TPSA) is 66.6 Å². The Morgan fingerprint density at radius 1 is 1.39 bits per heavy atom. The van der Waals surface area contributed by atoms with Crippen molar-refractivity contribution in [3.8, 4) is 0 Å². The Labute approximate surface area is 112 Å². The summed E-state index contributed by atoms with van der Waals surface area (Å²) in [5, 5.41) is 1.67. The van der Waals surface area contributed by atoms with Crippen LogP contribution in [-0.4, -0.2) is 50.8 Å². The Kier molecular flexibility index (Phi) is 3.96. The Morgan fingerprint density at radius 3 is 2.44 bits per heavy atom. The van der Waals surface area contributed by atoms with Gasteiger partial charge in [0.05, 0.1) is 0 Å². The third-order valence-corrected chi connectivity index (χ3v) is 6.68. The number of nitrogens with two attached hydrogens (primary N) is 1. The zero-order valence-electron chi connectivity index (χ0n) is 10.7. The summed E-state index contributed by atoms with van der Waals surface area (Å²) >= 11 is 1.19. The third kappa shape index (κ3) is 2.69. The van der Waals surface area contributed by atoms with Crippen LogP contribution in [-0.2, 0) is 10.0 Å². The van der Waals surface area contributed by atoms with Gasteiger partial charge in [0.1, 0.15) is 4.21 Å². The van der Waals surface area contributed by atoms with Crippen molar-refractivity contribution < 1.29 is 8.42 Å². The molecule has 18 heavy (non-hydrogen) atoms. The van der Waals surface area contributed by atoms with E-state index in [1.54, 1.807) is 9.69 Å². The molecule has 102 valence electrons. The number of thiophene rings is 1. The van der Waals surface area contributed by atoms with Gasteiger partial charge in [0.25, 0.3) is 10.0 Å². The normalized spacial score (nSPS) is 19.5. The van der Waals surface area contributed by atoms with Crippen LogP contribution >= 0.6 is 11.3 Å². The van der Waals surface area contributed by atoms with Gasteiger partial charge in [0.2, 0.25) is 0 Å². The molecular formula is C11H19N3O2S2. The van der Waals surface area contributed by atoms with Gasteiger partial charge in [-0.25, -0.2) is 8.42 Å². The number of nitrogens with zero attached hydrogens (tertiary/aromatic N) is 2. The van der Waals surface area contributed by atoms with Crippen molar-refractivity contribution >= 4 is 27.0 Å². The predicted octanol–water partition coefficient (Wildman–Crippen LogP) is 1.05. The average molecular weight is 289 g/mol. The highest BCUT2D eigenvalue weighted by atomic mass is 32.2. The lowest BCUT2D eigenvalue weighted by Crippen LogP contribution is -2.44. The minimum Gasteiger partial charge on any atom is -0.398 e. The van der Waals surface area contributed by atoms with E-state index >= 15 is 0 Å². The van der Waals surface area contributed by atoms with E-state index < -0.39 is 10.0 Å². The first-order valence-corrected chi connectivity index (χ1v) is 8.24. The van der Waals surface area contributed by atoms with Crippen LogP contribution in [0.25, 0.3) is 0 Å². The third-order valence-electron chi connectivity index (χ3n) is 3.34. The van der Waals surface area contributed by atoms with E-state index in [-0.39, 0.29) is 0 Å². The highest BCUT2D eigenvalue weighted by molar-refractivity contribution is 7.91. The van der Waals surface area contributed by atoms with E-state index in [1.165, 1.54) is 17.4 Å². The summed E-state index contributed by atoms with van der Waals surface area (Å²) in [6.45, 7) is 1.17. The van der Waals surface area contributed by atoms with Gasteiger partial charge >= 0.3 is 0 Å². The summed E-state index contributed by atoms with van der Waals surface area (Å²) in [6.07, 6.45) is 1.76. The van der Waals surface area contributed by atoms with E-state index in [4.69, 9.17) is 5.73 Å². The molecule has 0 spiro atoms. The van der Waals surface area contributed by atoms with Crippen molar-refractivity contribution in [1.82, 2.24) is 9.21 Å². The van der Waals surface area contributed by atoms with Crippen LogP contribution < -0.4 is 5.73 Å². The molecule has 1 aliphatic heterocycles. The van der Waals surface area contributed by atoms with Crippen LogP contribution in [0.5, 0.6) is 0 Å². The summed E-state index contributed by atoms with van der Waals surface area (Å²) in [4.78, 5) is 2.16. The zero-order chi connectivity index (χ0) is 13.3. The summed E-state index contributed by atoms with van der Waals surface area (Å²) in [5.41, 5.74) is 6.10. The van der Waals surface area contributed by atoms with Gasteiger partial charge in [-0.3, -0.25) is 0 Å². The molecule has 1 aromatic heterocycles. The fourth-order valence-electron chi connectivity index (χ4n) is 2.19. The average Bonchev–Trinajstić information content (AvgIpc) is 2.76. The Balaban J connectivity index is 2.09. The Bertz CT molecular complexity index is 502. The van der Waals surface area contributed by atoms with Crippen LogP contribution in [0.2, 0.25) is 0 Å². The van der Waals surface area contributed by atoms with Crippen LogP contribution in [0.4, 0.5) is 5.69 Å². The molecule has 1 aromatic rings. The van der Waals surface area contributed by atoms with Gasteiger partial charge in [-0.1, -0.05) is 0 Å². The quantitative estimate of drug-likeness (QED) is 0.903. The molecule has 2 heterocycles. The number of nitrogen functional groups attached to an aromatic ring is 1. The fraction of sp³-hybridized carbons (Fsp3) is 0.636.